The van der Waals surface area contributed by atoms with E-state index in [1.807, 2.05) is 74.5 Å². The molecule has 0 bridgehead atoms. The number of rotatable bonds is 20. The number of anilines is 2. The number of hydrogen-bond acceptors (Lipinski definition) is 7. The molecule has 0 heterocycles. The van der Waals surface area contributed by atoms with E-state index < -0.39 is 28.6 Å². The molecule has 0 radical (unpaired) electrons. The quantitative estimate of drug-likeness (QED) is 0.0751. The number of benzene rings is 4. The van der Waals surface area contributed by atoms with E-state index in [2.05, 4.69) is 66.1 Å². The van der Waals surface area contributed by atoms with Crippen molar-refractivity contribution in [2.24, 2.45) is 5.92 Å². The van der Waals surface area contributed by atoms with Crippen LogP contribution in [0.5, 0.6) is 0 Å². The number of hydrogen-bond donors (Lipinski definition) is 3. The summed E-state index contributed by atoms with van der Waals surface area (Å²) in [5, 5.41) is 11.4. The van der Waals surface area contributed by atoms with Gasteiger partial charge in [0.2, 0.25) is 17.7 Å². The van der Waals surface area contributed by atoms with Gasteiger partial charge in [-0.05, 0) is 165 Å². The lowest BCUT2D eigenvalue weighted by Crippen LogP contribution is -2.68. The van der Waals surface area contributed by atoms with Crippen LogP contribution in [0.25, 0.3) is 0 Å². The van der Waals surface area contributed by atoms with Crippen LogP contribution in [0, 0.1) is 12.8 Å². The van der Waals surface area contributed by atoms with E-state index in [1.54, 1.807) is 24.3 Å². The number of carbonyl (C=O) groups is 3. The van der Waals surface area contributed by atoms with Crippen molar-refractivity contribution >= 4 is 63.6 Å². The van der Waals surface area contributed by atoms with Crippen molar-refractivity contribution in [3.63, 3.8) is 0 Å². The zero-order chi connectivity index (χ0) is 49.2. The van der Waals surface area contributed by atoms with Crippen LogP contribution in [0.4, 0.5) is 11.4 Å². The van der Waals surface area contributed by atoms with Gasteiger partial charge in [-0.3, -0.25) is 22.9 Å². The number of unbranched alkanes of at least 4 members (excludes halogenated alkanes) is 1. The third-order valence-electron chi connectivity index (χ3n) is 15.0. The number of aryl methyl sites for hydroxylation is 1. The topological polar surface area (TPSA) is 137 Å². The van der Waals surface area contributed by atoms with Crippen LogP contribution in [0.3, 0.4) is 0 Å². The molecule has 14 heteroatoms. The molecular weight excluding hydrogens is 916 g/mol. The summed E-state index contributed by atoms with van der Waals surface area (Å²) in [6.45, 7) is 5.38. The van der Waals surface area contributed by atoms with Gasteiger partial charge in [0.15, 0.2) is 0 Å². The van der Waals surface area contributed by atoms with Crippen molar-refractivity contribution in [3.05, 3.63) is 129 Å². The molecule has 2 saturated carbocycles. The van der Waals surface area contributed by atoms with E-state index in [-0.39, 0.29) is 47.8 Å². The molecule has 3 amide bonds. The summed E-state index contributed by atoms with van der Waals surface area (Å²) in [6, 6.07) is 29.8. The molecular formula is C54H71Cl2N6O5S-. The van der Waals surface area contributed by atoms with E-state index in [1.165, 1.54) is 11.2 Å². The monoisotopic (exact) mass is 985 g/mol. The molecule has 68 heavy (non-hydrogen) atoms. The maximum Gasteiger partial charge on any atom is 0.246 e. The second-order valence-electron chi connectivity index (χ2n) is 19.8. The van der Waals surface area contributed by atoms with E-state index in [0.717, 1.165) is 90.1 Å². The molecule has 0 aliphatic heterocycles. The van der Waals surface area contributed by atoms with Crippen LogP contribution in [0.15, 0.2) is 97.1 Å². The summed E-state index contributed by atoms with van der Waals surface area (Å²) >= 11 is 10.7. The van der Waals surface area contributed by atoms with Crippen molar-refractivity contribution in [1.82, 2.24) is 25.8 Å². The predicted octanol–water partition coefficient (Wildman–Crippen LogP) is 9.66. The molecule has 11 nitrogen and oxygen atoms in total. The highest BCUT2D eigenvalue weighted by molar-refractivity contribution is 7.81. The van der Waals surface area contributed by atoms with Gasteiger partial charge < -0.3 is 30.3 Å². The first-order valence-electron chi connectivity index (χ1n) is 24.2. The van der Waals surface area contributed by atoms with Gasteiger partial charge in [-0.2, -0.15) is 0 Å². The first kappa shape index (κ1) is 53.1. The van der Waals surface area contributed by atoms with Crippen molar-refractivity contribution in [2.45, 2.75) is 139 Å². The molecule has 4 aromatic rings. The van der Waals surface area contributed by atoms with E-state index in [4.69, 9.17) is 23.2 Å². The minimum Gasteiger partial charge on any atom is -0.755 e. The molecule has 0 aromatic heterocycles. The Labute approximate surface area is 417 Å². The second-order valence-corrected chi connectivity index (χ2v) is 21.4. The van der Waals surface area contributed by atoms with Crippen LogP contribution in [-0.4, -0.2) is 93.2 Å². The van der Waals surface area contributed by atoms with Crippen LogP contribution < -0.4 is 20.3 Å². The molecule has 2 fully saturated rings. The normalized spacial score (nSPS) is 22.5. The van der Waals surface area contributed by atoms with Crippen molar-refractivity contribution in [1.29, 1.82) is 0 Å². The lowest BCUT2D eigenvalue weighted by molar-refractivity contribution is -0.143. The number of halogens is 2. The summed E-state index contributed by atoms with van der Waals surface area (Å²) in [6.07, 6.45) is 9.35. The largest absolute Gasteiger partial charge is 0.755 e. The number of nitrogens with zero attached hydrogens (tertiary/aromatic N) is 3. The van der Waals surface area contributed by atoms with Gasteiger partial charge in [0.25, 0.3) is 0 Å². The Balaban J connectivity index is 1.31. The van der Waals surface area contributed by atoms with Crippen LogP contribution >= 0.6 is 23.2 Å². The Kier molecular flexibility index (Phi) is 18.4. The van der Waals surface area contributed by atoms with Gasteiger partial charge in [0.05, 0.1) is 28.6 Å². The summed E-state index contributed by atoms with van der Waals surface area (Å²) in [5.74, 6) is -2.09. The third kappa shape index (κ3) is 12.7. The van der Waals surface area contributed by atoms with E-state index in [0.29, 0.717) is 30.6 Å². The Morgan fingerprint density at radius 3 is 1.62 bits per heavy atom. The predicted molar refractivity (Wildman–Crippen MR) is 276 cm³/mol. The van der Waals surface area contributed by atoms with Crippen molar-refractivity contribution in [3.8, 4) is 0 Å². The van der Waals surface area contributed by atoms with Gasteiger partial charge in [0.1, 0.15) is 5.54 Å². The third-order valence-corrected chi connectivity index (χ3v) is 16.5. The lowest BCUT2D eigenvalue weighted by Gasteiger charge is -2.47. The van der Waals surface area contributed by atoms with E-state index >= 15 is 9.59 Å². The standard InChI is InChI=1S/C54H72Cl2N6O5S/c1-8-9-30-54(59-39(3)63,51(65)58-44-28-33-53(34-29-44,61(6)7)37-42-15-11-13-17-49(42)56)47(35-40-20-24-46(25-21-40)62(68(66)67)45-22-18-38(2)19-23-45)50(64)57-43-26-31-52(32-27-43,60(4)5)36-41-14-10-12-16-48(41)55/h10-25,43-44,47H,8-9,26-37H2,1-7H3,(H,57,64)(H,58,65)(H,59,63)(H,66,67)/p-1. The van der Waals surface area contributed by atoms with Crippen LogP contribution in [0.2, 0.25) is 10.0 Å². The first-order valence-corrected chi connectivity index (χ1v) is 26.0. The summed E-state index contributed by atoms with van der Waals surface area (Å²) in [7, 11) is 8.41. The molecule has 3 N–H and O–H groups in total. The molecule has 3 unspecified atom stereocenters. The summed E-state index contributed by atoms with van der Waals surface area (Å²) in [5.41, 5.74) is 2.88. The zero-order valence-corrected chi connectivity index (χ0v) is 43.2. The smallest absolute Gasteiger partial charge is 0.246 e. The van der Waals surface area contributed by atoms with Crippen molar-refractivity contribution < 1.29 is 23.1 Å². The number of carbonyl (C=O) groups excluding carboxylic acids is 3. The Hall–Kier alpha value is -4.30. The fourth-order valence-electron chi connectivity index (χ4n) is 10.7. The van der Waals surface area contributed by atoms with Gasteiger partial charge in [-0.15, -0.1) is 0 Å². The number of nitrogens with one attached hydrogen (secondary N) is 3. The minimum absolute atomic E-state index is 0.113. The van der Waals surface area contributed by atoms with Gasteiger partial charge >= 0.3 is 0 Å². The molecule has 2 aliphatic carbocycles. The Morgan fingerprint density at radius 1 is 0.735 bits per heavy atom. The second kappa shape index (κ2) is 23.5. The van der Waals surface area contributed by atoms with Gasteiger partial charge in [-0.25, -0.2) is 0 Å². The first-order chi connectivity index (χ1) is 32.4. The maximum atomic E-state index is 15.4. The number of likely N-dealkylation sites (N-methyl/N-ethyl adjacent to an activating group) is 2. The highest BCUT2D eigenvalue weighted by Crippen LogP contribution is 2.40. The van der Waals surface area contributed by atoms with E-state index in [9.17, 15) is 13.6 Å². The summed E-state index contributed by atoms with van der Waals surface area (Å²) in [4.78, 5) is 48.7. The number of amides is 3. The van der Waals surface area contributed by atoms with Gasteiger partial charge in [0, 0.05) is 40.1 Å². The highest BCUT2D eigenvalue weighted by atomic mass is 35.5. The highest BCUT2D eigenvalue weighted by Gasteiger charge is 2.51. The average Bonchev–Trinajstić information content (AvgIpc) is 3.30. The molecule has 0 spiro atoms. The fraction of sp³-hybridized carbons (Fsp3) is 0.500. The molecule has 6 rings (SSSR count). The molecule has 2 aliphatic rings. The maximum absolute atomic E-state index is 15.4. The minimum atomic E-state index is -2.62. The Morgan fingerprint density at radius 2 is 1.19 bits per heavy atom. The fourth-order valence-corrected chi connectivity index (χ4v) is 11.7. The molecule has 368 valence electrons. The van der Waals surface area contributed by atoms with Crippen molar-refractivity contribution in [2.75, 3.05) is 32.5 Å². The van der Waals surface area contributed by atoms with Crippen LogP contribution in [-0.2, 0) is 44.9 Å². The average molecular weight is 987 g/mol. The SMILES string of the molecule is CCCCC(NC(C)=O)(C(=O)NC1CCC(Cc2ccccc2Cl)(N(C)C)CC1)C(Cc1ccc(N(c2ccc(C)cc2)S(=O)[O-])cc1)C(=O)NC1CCC(Cc2ccccc2Cl)(N(C)C)CC1. The van der Waals surface area contributed by atoms with Crippen LogP contribution in [0.1, 0.15) is 107 Å². The molecule has 0 saturated heterocycles. The Bertz CT molecular complexity index is 2350. The molecule has 4 aromatic carbocycles. The lowest BCUT2D eigenvalue weighted by atomic mass is 9.72. The zero-order valence-electron chi connectivity index (χ0n) is 40.9. The molecule has 3 atom stereocenters. The van der Waals surface area contributed by atoms with Gasteiger partial charge in [-0.1, -0.05) is 109 Å². The summed E-state index contributed by atoms with van der Waals surface area (Å²) < 4.78 is 26.5.